The third-order valence-electron chi connectivity index (χ3n) is 3.87. The lowest BCUT2D eigenvalue weighted by molar-refractivity contribution is 0.931. The number of aliphatic imine (C=N–C) groups is 2. The van der Waals surface area contributed by atoms with E-state index in [9.17, 15) is 0 Å². The second kappa shape index (κ2) is 19.4. The van der Waals surface area contributed by atoms with Gasteiger partial charge in [0.05, 0.1) is 0 Å². The molecule has 3 heteroatoms. The quantitative estimate of drug-likeness (QED) is 0.215. The molecule has 2 nitrogen and oxygen atoms in total. The van der Waals surface area contributed by atoms with E-state index in [0.717, 1.165) is 30.9 Å². The molecule has 0 atom stereocenters. The van der Waals surface area contributed by atoms with Crippen LogP contribution < -0.4 is 0 Å². The minimum absolute atomic E-state index is 0. The van der Waals surface area contributed by atoms with Crippen molar-refractivity contribution in [2.45, 2.75) is 66.7 Å². The van der Waals surface area contributed by atoms with Gasteiger partial charge in [0.2, 0.25) is 0 Å². The van der Waals surface area contributed by atoms with Gasteiger partial charge in [0.15, 0.2) is 0 Å². The number of allylic oxidation sites excluding steroid dienone is 5. The van der Waals surface area contributed by atoms with E-state index in [2.05, 4.69) is 86.2 Å². The Morgan fingerprint density at radius 2 is 1.83 bits per heavy atom. The normalized spacial score (nSPS) is 12.7. The van der Waals surface area contributed by atoms with Gasteiger partial charge in [-0.15, -0.1) is 11.8 Å². The van der Waals surface area contributed by atoms with E-state index >= 15 is 0 Å². The smallest absolute Gasteiger partial charge is 0.0400 e. The number of hydrogen-bond donors (Lipinski definition) is 0. The van der Waals surface area contributed by atoms with Gasteiger partial charge >= 0.3 is 0 Å². The van der Waals surface area contributed by atoms with Crippen LogP contribution in [-0.2, 0) is 0 Å². The second-order valence-electron chi connectivity index (χ2n) is 5.91. The van der Waals surface area contributed by atoms with Crippen molar-refractivity contribution in [2.75, 3.05) is 19.3 Å². The molecule has 0 saturated heterocycles. The van der Waals surface area contributed by atoms with Crippen LogP contribution in [0.4, 0.5) is 0 Å². The van der Waals surface area contributed by atoms with Gasteiger partial charge in [-0.3, -0.25) is 9.98 Å². The molecule has 0 spiro atoms. The SMILES string of the molecule is C.C/C=C(\C=C/CC)C(=C\C=NC)/CSc1ccccc1C(C)=NCCC.CC. The minimum atomic E-state index is 0. The zero-order valence-electron chi connectivity index (χ0n) is 18.8. The molecule has 0 heterocycles. The lowest BCUT2D eigenvalue weighted by atomic mass is 10.1. The Bertz CT molecular complexity index is 694. The van der Waals surface area contributed by atoms with Crippen LogP contribution in [0.2, 0.25) is 0 Å². The van der Waals surface area contributed by atoms with Crippen LogP contribution in [0, 0.1) is 0 Å². The fourth-order valence-corrected chi connectivity index (χ4v) is 3.56. The Kier molecular flexibility index (Phi) is 19.7. The molecule has 0 bridgehead atoms. The highest BCUT2D eigenvalue weighted by atomic mass is 32.2. The van der Waals surface area contributed by atoms with Crippen molar-refractivity contribution in [3.63, 3.8) is 0 Å². The van der Waals surface area contributed by atoms with Gasteiger partial charge in [-0.25, -0.2) is 0 Å². The van der Waals surface area contributed by atoms with Gasteiger partial charge in [0.25, 0.3) is 0 Å². The first-order valence-corrected chi connectivity index (χ1v) is 11.3. The fourth-order valence-electron chi connectivity index (χ4n) is 2.44. The standard InChI is InChI=1S/C23H32N2S.C2H6.CH4/c1-6-9-12-20(8-3)21(15-17-24-5)18-26-23-14-11-10-13-22(23)19(4)25-16-7-2;1-2;/h8-15,17H,6-7,16,18H2,1-5H3;1-2H3;1H4/b12-9-,20-8+,21-15-,24-17?,25-19?;;. The molecule has 0 aliphatic heterocycles. The average molecular weight is 415 g/mol. The Morgan fingerprint density at radius 1 is 1.14 bits per heavy atom. The maximum Gasteiger partial charge on any atom is 0.0400 e. The number of benzene rings is 1. The highest BCUT2D eigenvalue weighted by Crippen LogP contribution is 2.28. The average Bonchev–Trinajstić information content (AvgIpc) is 2.75. The van der Waals surface area contributed by atoms with Crippen LogP contribution >= 0.6 is 11.8 Å². The molecule has 1 rings (SSSR count). The number of nitrogens with zero attached hydrogens (tertiary/aromatic N) is 2. The summed E-state index contributed by atoms with van der Waals surface area (Å²) < 4.78 is 0. The Balaban J connectivity index is 0. The molecular weight excluding hydrogens is 372 g/mol. The predicted octanol–water partition coefficient (Wildman–Crippen LogP) is 8.20. The molecule has 0 aliphatic carbocycles. The molecule has 1 aromatic carbocycles. The lowest BCUT2D eigenvalue weighted by Gasteiger charge is -2.12. The van der Waals surface area contributed by atoms with Gasteiger partial charge in [-0.05, 0) is 50.0 Å². The van der Waals surface area contributed by atoms with E-state index in [1.54, 1.807) is 7.05 Å². The molecule has 162 valence electrons. The molecule has 0 aliphatic rings. The molecule has 0 fully saturated rings. The van der Waals surface area contributed by atoms with Crippen LogP contribution in [0.5, 0.6) is 0 Å². The fraction of sp³-hybridized carbons (Fsp3) is 0.462. The third kappa shape index (κ3) is 11.7. The first-order valence-electron chi connectivity index (χ1n) is 10.4. The summed E-state index contributed by atoms with van der Waals surface area (Å²) in [7, 11) is 1.81. The summed E-state index contributed by atoms with van der Waals surface area (Å²) in [6.07, 6.45) is 12.7. The van der Waals surface area contributed by atoms with E-state index in [0.29, 0.717) is 0 Å². The minimum Gasteiger partial charge on any atom is -0.297 e. The monoisotopic (exact) mass is 414 g/mol. The molecule has 0 N–H and O–H groups in total. The molecule has 0 aromatic heterocycles. The summed E-state index contributed by atoms with van der Waals surface area (Å²) in [5.41, 5.74) is 4.90. The van der Waals surface area contributed by atoms with Crippen molar-refractivity contribution in [1.82, 2.24) is 0 Å². The maximum absolute atomic E-state index is 4.69. The van der Waals surface area contributed by atoms with Gasteiger partial charge in [-0.2, -0.15) is 0 Å². The molecule has 29 heavy (non-hydrogen) atoms. The third-order valence-corrected chi connectivity index (χ3v) is 4.99. The van der Waals surface area contributed by atoms with Gasteiger partial charge in [0.1, 0.15) is 0 Å². The second-order valence-corrected chi connectivity index (χ2v) is 6.92. The van der Waals surface area contributed by atoms with Crippen LogP contribution in [0.15, 0.2) is 74.6 Å². The van der Waals surface area contributed by atoms with E-state index in [1.165, 1.54) is 21.6 Å². The van der Waals surface area contributed by atoms with E-state index < -0.39 is 0 Å². The molecule has 0 saturated carbocycles. The van der Waals surface area contributed by atoms with E-state index in [4.69, 9.17) is 0 Å². The van der Waals surface area contributed by atoms with E-state index in [1.807, 2.05) is 31.8 Å². The summed E-state index contributed by atoms with van der Waals surface area (Å²) in [6, 6.07) is 8.55. The van der Waals surface area contributed by atoms with Gasteiger partial charge in [-0.1, -0.05) is 71.5 Å². The predicted molar refractivity (Wildman–Crippen MR) is 138 cm³/mol. The van der Waals surface area contributed by atoms with Crippen LogP contribution in [0.25, 0.3) is 0 Å². The van der Waals surface area contributed by atoms with Crippen LogP contribution in [0.3, 0.4) is 0 Å². The summed E-state index contributed by atoms with van der Waals surface area (Å²) in [4.78, 5) is 10.1. The summed E-state index contributed by atoms with van der Waals surface area (Å²) >= 11 is 1.86. The Hall–Kier alpha value is -1.87. The van der Waals surface area contributed by atoms with Gasteiger partial charge < -0.3 is 0 Å². The van der Waals surface area contributed by atoms with Gasteiger partial charge in [0, 0.05) is 41.7 Å². The zero-order valence-corrected chi connectivity index (χ0v) is 19.6. The van der Waals surface area contributed by atoms with Crippen molar-refractivity contribution < 1.29 is 0 Å². The van der Waals surface area contributed by atoms with Crippen molar-refractivity contribution >= 4 is 23.7 Å². The van der Waals surface area contributed by atoms with Crippen LogP contribution in [-0.4, -0.2) is 31.3 Å². The lowest BCUT2D eigenvalue weighted by Crippen LogP contribution is -2.00. The summed E-state index contributed by atoms with van der Waals surface area (Å²) in [5, 5.41) is 0. The molecular formula is C26H42N2S. The molecule has 0 radical (unpaired) electrons. The Labute approximate surface area is 185 Å². The Morgan fingerprint density at radius 3 is 2.41 bits per heavy atom. The summed E-state index contributed by atoms with van der Waals surface area (Å²) in [5.74, 6) is 0.901. The van der Waals surface area contributed by atoms with Crippen LogP contribution in [0.1, 0.15) is 67.4 Å². The molecule has 1 aromatic rings. The van der Waals surface area contributed by atoms with Crippen molar-refractivity contribution in [3.05, 3.63) is 65.3 Å². The first-order chi connectivity index (χ1) is 13.7. The number of hydrogen-bond acceptors (Lipinski definition) is 3. The topological polar surface area (TPSA) is 24.7 Å². The highest BCUT2D eigenvalue weighted by Gasteiger charge is 2.08. The van der Waals surface area contributed by atoms with E-state index in [-0.39, 0.29) is 7.43 Å². The first kappa shape index (κ1) is 29.3. The zero-order chi connectivity index (χ0) is 21.2. The van der Waals surface area contributed by atoms with Crippen molar-refractivity contribution in [2.24, 2.45) is 9.98 Å². The summed E-state index contributed by atoms with van der Waals surface area (Å²) in [6.45, 7) is 13.4. The van der Waals surface area contributed by atoms with Crippen molar-refractivity contribution in [1.29, 1.82) is 0 Å². The molecule has 0 unspecified atom stereocenters. The van der Waals surface area contributed by atoms with Crippen molar-refractivity contribution in [3.8, 4) is 0 Å². The highest BCUT2D eigenvalue weighted by molar-refractivity contribution is 7.99. The number of thioether (sulfide) groups is 1. The number of rotatable bonds is 10. The largest absolute Gasteiger partial charge is 0.297 e. The molecule has 0 amide bonds. The maximum atomic E-state index is 4.69.